The Balaban J connectivity index is 1.92. The van der Waals surface area contributed by atoms with Crippen LogP contribution in [0.2, 0.25) is 0 Å². The van der Waals surface area contributed by atoms with Crippen LogP contribution in [0.15, 0.2) is 48.7 Å². The maximum absolute atomic E-state index is 12.9. The van der Waals surface area contributed by atoms with Gasteiger partial charge in [-0.2, -0.15) is 0 Å². The Morgan fingerprint density at radius 1 is 1.07 bits per heavy atom. The summed E-state index contributed by atoms with van der Waals surface area (Å²) in [5.41, 5.74) is 2.92. The predicted octanol–water partition coefficient (Wildman–Crippen LogP) is 4.41. The Labute approximate surface area is 164 Å². The number of nitrogens with zero attached hydrogens (tertiary/aromatic N) is 2. The van der Waals surface area contributed by atoms with Gasteiger partial charge < -0.3 is 15.0 Å². The molecule has 1 amide bonds. The van der Waals surface area contributed by atoms with E-state index in [9.17, 15) is 9.59 Å². The molecule has 0 aliphatic heterocycles. The van der Waals surface area contributed by atoms with E-state index in [1.165, 1.54) is 11.5 Å². The van der Waals surface area contributed by atoms with Crippen LogP contribution in [0.4, 0.5) is 11.4 Å². The molecule has 3 aromatic rings. The van der Waals surface area contributed by atoms with E-state index in [4.69, 9.17) is 4.74 Å². The minimum absolute atomic E-state index is 0.155. The van der Waals surface area contributed by atoms with E-state index < -0.39 is 0 Å². The van der Waals surface area contributed by atoms with Crippen LogP contribution in [0, 0.1) is 0 Å². The molecule has 0 unspecified atom stereocenters. The minimum atomic E-state index is -0.270. The zero-order valence-corrected chi connectivity index (χ0v) is 16.7. The molecule has 2 aromatic carbocycles. The van der Waals surface area contributed by atoms with Crippen LogP contribution >= 0.6 is 0 Å². The van der Waals surface area contributed by atoms with E-state index in [0.717, 1.165) is 18.8 Å². The molecule has 0 aliphatic carbocycles. The molecule has 146 valence electrons. The first-order valence-corrected chi connectivity index (χ1v) is 9.34. The Hall–Kier alpha value is -3.28. The first kappa shape index (κ1) is 19.5. The van der Waals surface area contributed by atoms with Gasteiger partial charge >= 0.3 is 0 Å². The van der Waals surface area contributed by atoms with E-state index in [0.29, 0.717) is 27.9 Å². The second-order valence-electron chi connectivity index (χ2n) is 6.49. The average molecular weight is 379 g/mol. The summed E-state index contributed by atoms with van der Waals surface area (Å²) in [5, 5.41) is 3.59. The monoisotopic (exact) mass is 379 g/mol. The van der Waals surface area contributed by atoms with E-state index >= 15 is 0 Å². The molecule has 1 aromatic heterocycles. The van der Waals surface area contributed by atoms with Gasteiger partial charge in [0.25, 0.3) is 5.91 Å². The summed E-state index contributed by atoms with van der Waals surface area (Å²) < 4.78 is 6.75. The Morgan fingerprint density at radius 2 is 1.75 bits per heavy atom. The van der Waals surface area contributed by atoms with Crippen molar-refractivity contribution in [1.82, 2.24) is 4.57 Å². The maximum atomic E-state index is 12.9. The van der Waals surface area contributed by atoms with E-state index in [1.807, 2.05) is 24.3 Å². The fourth-order valence-electron chi connectivity index (χ4n) is 3.32. The summed E-state index contributed by atoms with van der Waals surface area (Å²) in [5.74, 6) is 0.207. The lowest BCUT2D eigenvalue weighted by atomic mass is 10.1. The standard InChI is InChI=1S/C22H25N3O3/c1-5-24(6-2)17-9-7-16(8-10-17)23-22(27)20-14-25(15(3)26)21-12-11-18(28-4)13-19(20)21/h7-14H,5-6H2,1-4H3,(H,23,27). The smallest absolute Gasteiger partial charge is 0.257 e. The highest BCUT2D eigenvalue weighted by atomic mass is 16.5. The third-order valence-electron chi connectivity index (χ3n) is 4.85. The number of hydrogen-bond donors (Lipinski definition) is 1. The molecule has 0 aliphatic rings. The van der Waals surface area contributed by atoms with Gasteiger partial charge in [-0.1, -0.05) is 0 Å². The number of ether oxygens (including phenoxy) is 1. The van der Waals surface area contributed by atoms with Gasteiger partial charge in [0, 0.05) is 43.0 Å². The molecule has 0 bridgehead atoms. The van der Waals surface area contributed by atoms with Gasteiger partial charge in [-0.05, 0) is 56.3 Å². The Kier molecular flexibility index (Phi) is 5.68. The molecule has 0 fully saturated rings. The second kappa shape index (κ2) is 8.17. The van der Waals surface area contributed by atoms with Gasteiger partial charge in [-0.3, -0.25) is 14.2 Å². The molecule has 0 atom stereocenters. The fraction of sp³-hybridized carbons (Fsp3) is 0.273. The van der Waals surface area contributed by atoms with Crippen molar-refractivity contribution in [2.24, 2.45) is 0 Å². The molecule has 3 rings (SSSR count). The molecular weight excluding hydrogens is 354 g/mol. The van der Waals surface area contributed by atoms with Crippen LogP contribution in [-0.4, -0.2) is 36.6 Å². The molecule has 0 saturated heterocycles. The lowest BCUT2D eigenvalue weighted by Gasteiger charge is -2.21. The molecule has 6 nitrogen and oxygen atoms in total. The lowest BCUT2D eigenvalue weighted by Crippen LogP contribution is -2.21. The third kappa shape index (κ3) is 3.71. The zero-order chi connectivity index (χ0) is 20.3. The van der Waals surface area contributed by atoms with Crippen molar-refractivity contribution in [2.75, 3.05) is 30.4 Å². The molecule has 28 heavy (non-hydrogen) atoms. The van der Waals surface area contributed by atoms with Crippen molar-refractivity contribution in [3.05, 3.63) is 54.2 Å². The van der Waals surface area contributed by atoms with Crippen molar-refractivity contribution < 1.29 is 14.3 Å². The quantitative estimate of drug-likeness (QED) is 0.689. The molecule has 0 radical (unpaired) electrons. The van der Waals surface area contributed by atoms with Gasteiger partial charge in [0.1, 0.15) is 5.75 Å². The van der Waals surface area contributed by atoms with Crippen LogP contribution < -0.4 is 15.0 Å². The molecule has 1 N–H and O–H groups in total. The van der Waals surface area contributed by atoms with Crippen LogP contribution in [0.3, 0.4) is 0 Å². The van der Waals surface area contributed by atoms with E-state index in [-0.39, 0.29) is 11.8 Å². The van der Waals surface area contributed by atoms with E-state index in [2.05, 4.69) is 24.1 Å². The van der Waals surface area contributed by atoms with Crippen molar-refractivity contribution in [3.8, 4) is 5.75 Å². The number of amides is 1. The number of hydrogen-bond acceptors (Lipinski definition) is 4. The first-order chi connectivity index (χ1) is 13.5. The van der Waals surface area contributed by atoms with Gasteiger partial charge in [-0.25, -0.2) is 0 Å². The largest absolute Gasteiger partial charge is 0.497 e. The number of carbonyl (C=O) groups excluding carboxylic acids is 2. The SMILES string of the molecule is CCN(CC)c1ccc(NC(=O)c2cn(C(C)=O)c3ccc(OC)cc23)cc1. The van der Waals surface area contributed by atoms with Crippen molar-refractivity contribution in [3.63, 3.8) is 0 Å². The topological polar surface area (TPSA) is 63.6 Å². The lowest BCUT2D eigenvalue weighted by molar-refractivity contribution is 0.0941. The number of fused-ring (bicyclic) bond motifs is 1. The number of nitrogens with one attached hydrogen (secondary N) is 1. The van der Waals surface area contributed by atoms with Crippen LogP contribution in [0.1, 0.15) is 35.9 Å². The van der Waals surface area contributed by atoms with Crippen molar-refractivity contribution >= 4 is 34.1 Å². The molecule has 0 saturated carbocycles. The summed E-state index contributed by atoms with van der Waals surface area (Å²) in [6, 6.07) is 13.1. The first-order valence-electron chi connectivity index (χ1n) is 9.34. The normalized spacial score (nSPS) is 10.7. The fourth-order valence-corrected chi connectivity index (χ4v) is 3.32. The number of methoxy groups -OCH3 is 1. The molecule has 1 heterocycles. The van der Waals surface area contributed by atoms with E-state index in [1.54, 1.807) is 31.5 Å². The number of aromatic nitrogens is 1. The zero-order valence-electron chi connectivity index (χ0n) is 16.7. The number of benzene rings is 2. The van der Waals surface area contributed by atoms with Crippen LogP contribution in [-0.2, 0) is 0 Å². The highest BCUT2D eigenvalue weighted by molar-refractivity contribution is 6.14. The van der Waals surface area contributed by atoms with Crippen molar-refractivity contribution in [2.45, 2.75) is 20.8 Å². The Morgan fingerprint density at radius 3 is 2.32 bits per heavy atom. The summed E-state index contributed by atoms with van der Waals surface area (Å²) in [4.78, 5) is 27.1. The number of rotatable bonds is 6. The molecule has 0 spiro atoms. The molecular formula is C22H25N3O3. The highest BCUT2D eigenvalue weighted by Crippen LogP contribution is 2.27. The number of carbonyl (C=O) groups is 2. The maximum Gasteiger partial charge on any atom is 0.257 e. The minimum Gasteiger partial charge on any atom is -0.497 e. The van der Waals surface area contributed by atoms with Gasteiger partial charge in [0.15, 0.2) is 0 Å². The van der Waals surface area contributed by atoms with Gasteiger partial charge in [0.05, 0.1) is 18.2 Å². The van der Waals surface area contributed by atoms with Crippen LogP contribution in [0.25, 0.3) is 10.9 Å². The number of anilines is 2. The Bertz CT molecular complexity index is 1000. The summed E-state index contributed by atoms with van der Waals surface area (Å²) >= 11 is 0. The summed E-state index contributed by atoms with van der Waals surface area (Å²) in [6.07, 6.45) is 1.58. The highest BCUT2D eigenvalue weighted by Gasteiger charge is 2.18. The second-order valence-corrected chi connectivity index (χ2v) is 6.49. The van der Waals surface area contributed by atoms with Crippen molar-refractivity contribution in [1.29, 1.82) is 0 Å². The predicted molar refractivity (Wildman–Crippen MR) is 113 cm³/mol. The van der Waals surface area contributed by atoms with Gasteiger partial charge in [-0.15, -0.1) is 0 Å². The average Bonchev–Trinajstić information content (AvgIpc) is 3.09. The third-order valence-corrected chi connectivity index (χ3v) is 4.85. The summed E-state index contributed by atoms with van der Waals surface area (Å²) in [7, 11) is 1.57. The molecule has 6 heteroatoms. The van der Waals surface area contributed by atoms with Crippen LogP contribution in [0.5, 0.6) is 5.75 Å². The van der Waals surface area contributed by atoms with Gasteiger partial charge in [0.2, 0.25) is 5.91 Å². The summed E-state index contributed by atoms with van der Waals surface area (Å²) in [6.45, 7) is 7.54.